The van der Waals surface area contributed by atoms with Crippen LogP contribution in [0.25, 0.3) is 11.1 Å². The molecular formula is C23H22O4. The van der Waals surface area contributed by atoms with Gasteiger partial charge < -0.3 is 9.15 Å². The zero-order chi connectivity index (χ0) is 18.7. The number of benzene rings is 1. The minimum atomic E-state index is -0.403. The number of ketones is 1. The molecule has 3 aliphatic carbocycles. The summed E-state index contributed by atoms with van der Waals surface area (Å²) >= 11 is 0. The van der Waals surface area contributed by atoms with Crippen molar-refractivity contribution in [2.24, 2.45) is 23.7 Å². The largest absolute Gasteiger partial charge is 0.497 e. The second kappa shape index (κ2) is 5.95. The standard InChI is InChI=1S/C23H22O4/c1-12-9-16(11-18(24)27-12)22-19(13-5-7-17(26-2)8-6-13)20-14-3-4-15(10-14)21(20)23(22)25/h5-9,11,14-15,20-21H,3-4,10H2,1-2H3/t14-,15+,20-,21-/m1/s1. The lowest BCUT2D eigenvalue weighted by Crippen LogP contribution is -2.24. The van der Waals surface area contributed by atoms with Crippen molar-refractivity contribution in [1.29, 1.82) is 0 Å². The van der Waals surface area contributed by atoms with Gasteiger partial charge in [-0.15, -0.1) is 0 Å². The summed E-state index contributed by atoms with van der Waals surface area (Å²) in [6.45, 7) is 1.75. The topological polar surface area (TPSA) is 56.5 Å². The van der Waals surface area contributed by atoms with Crippen LogP contribution in [0.3, 0.4) is 0 Å². The number of ether oxygens (including phenoxy) is 1. The predicted molar refractivity (Wildman–Crippen MR) is 102 cm³/mol. The Hall–Kier alpha value is -2.62. The number of methoxy groups -OCH3 is 1. The van der Waals surface area contributed by atoms with Crippen LogP contribution in [0.2, 0.25) is 0 Å². The number of carbonyl (C=O) groups excluding carboxylic acids is 1. The van der Waals surface area contributed by atoms with Crippen LogP contribution in [0.15, 0.2) is 45.6 Å². The quantitative estimate of drug-likeness (QED) is 0.824. The van der Waals surface area contributed by atoms with Crippen LogP contribution in [0.1, 0.15) is 36.1 Å². The molecule has 4 heteroatoms. The lowest BCUT2D eigenvalue weighted by atomic mass is 9.77. The summed E-state index contributed by atoms with van der Waals surface area (Å²) in [6.07, 6.45) is 3.50. The van der Waals surface area contributed by atoms with E-state index < -0.39 is 5.63 Å². The minimum Gasteiger partial charge on any atom is -0.497 e. The van der Waals surface area contributed by atoms with Gasteiger partial charge in [0, 0.05) is 17.6 Å². The van der Waals surface area contributed by atoms with Crippen molar-refractivity contribution in [3.63, 3.8) is 0 Å². The molecule has 2 aromatic rings. The first-order chi connectivity index (χ1) is 13.1. The Morgan fingerprint density at radius 2 is 1.67 bits per heavy atom. The first-order valence-electron chi connectivity index (χ1n) is 9.62. The first kappa shape index (κ1) is 16.5. The summed E-state index contributed by atoms with van der Waals surface area (Å²) in [5.74, 6) is 2.94. The van der Waals surface area contributed by atoms with E-state index >= 15 is 0 Å². The number of aryl methyl sites for hydroxylation is 1. The molecule has 0 N–H and O–H groups in total. The van der Waals surface area contributed by atoms with Gasteiger partial charge in [0.1, 0.15) is 11.5 Å². The molecule has 2 bridgehead atoms. The van der Waals surface area contributed by atoms with E-state index in [1.165, 1.54) is 12.5 Å². The Balaban J connectivity index is 1.73. The van der Waals surface area contributed by atoms with Crippen molar-refractivity contribution in [3.05, 3.63) is 63.7 Å². The van der Waals surface area contributed by atoms with E-state index in [-0.39, 0.29) is 17.6 Å². The van der Waals surface area contributed by atoms with E-state index in [1.807, 2.05) is 30.3 Å². The summed E-state index contributed by atoms with van der Waals surface area (Å²) in [5.41, 5.74) is 3.20. The maximum atomic E-state index is 13.5. The second-order valence-electron chi connectivity index (χ2n) is 8.04. The Kier molecular flexibility index (Phi) is 3.64. The van der Waals surface area contributed by atoms with Crippen molar-refractivity contribution < 1.29 is 13.9 Å². The molecule has 5 rings (SSSR count). The van der Waals surface area contributed by atoms with Gasteiger partial charge in [-0.25, -0.2) is 4.79 Å². The third kappa shape index (κ3) is 2.43. The van der Waals surface area contributed by atoms with E-state index in [4.69, 9.17) is 9.15 Å². The number of hydrogen-bond donors (Lipinski definition) is 0. The molecule has 1 aromatic heterocycles. The third-order valence-electron chi connectivity index (χ3n) is 6.65. The molecule has 0 radical (unpaired) electrons. The van der Waals surface area contributed by atoms with Crippen molar-refractivity contribution in [2.45, 2.75) is 26.2 Å². The van der Waals surface area contributed by atoms with Gasteiger partial charge in [0.25, 0.3) is 0 Å². The molecule has 138 valence electrons. The SMILES string of the molecule is COc1ccc(C2=C(c3cc(C)oc(=O)c3)C(=O)[C@@H]3[C@H]4CC[C@H](C4)[C@H]23)cc1. The van der Waals surface area contributed by atoms with Crippen molar-refractivity contribution in [3.8, 4) is 5.75 Å². The van der Waals surface area contributed by atoms with Crippen LogP contribution in [-0.2, 0) is 4.79 Å². The van der Waals surface area contributed by atoms with Gasteiger partial charge in [-0.05, 0) is 78.8 Å². The summed E-state index contributed by atoms with van der Waals surface area (Å²) in [6, 6.07) is 11.2. The van der Waals surface area contributed by atoms with E-state index in [9.17, 15) is 9.59 Å². The van der Waals surface area contributed by atoms with Crippen molar-refractivity contribution >= 4 is 16.9 Å². The molecule has 1 aromatic carbocycles. The molecule has 4 atom stereocenters. The van der Waals surface area contributed by atoms with Crippen molar-refractivity contribution in [1.82, 2.24) is 0 Å². The molecular weight excluding hydrogens is 340 g/mol. The molecule has 2 fully saturated rings. The van der Waals surface area contributed by atoms with Gasteiger partial charge >= 0.3 is 5.63 Å². The van der Waals surface area contributed by atoms with E-state index in [2.05, 4.69) is 0 Å². The lowest BCUT2D eigenvalue weighted by Gasteiger charge is -2.26. The highest BCUT2D eigenvalue weighted by molar-refractivity contribution is 6.32. The first-order valence-corrected chi connectivity index (χ1v) is 9.62. The van der Waals surface area contributed by atoms with Crippen LogP contribution in [-0.4, -0.2) is 12.9 Å². The predicted octanol–water partition coefficient (Wildman–Crippen LogP) is 4.11. The van der Waals surface area contributed by atoms with E-state index in [1.54, 1.807) is 14.0 Å². The fourth-order valence-corrected chi connectivity index (χ4v) is 5.70. The molecule has 27 heavy (non-hydrogen) atoms. The number of hydrogen-bond acceptors (Lipinski definition) is 4. The normalized spacial score (nSPS) is 28.7. The van der Waals surface area contributed by atoms with E-state index in [0.717, 1.165) is 35.3 Å². The van der Waals surface area contributed by atoms with Crippen LogP contribution in [0.4, 0.5) is 0 Å². The number of fused-ring (bicyclic) bond motifs is 5. The Bertz CT molecular complexity index is 1010. The fraction of sp³-hybridized carbons (Fsp3) is 0.391. The molecule has 4 nitrogen and oxygen atoms in total. The van der Waals surface area contributed by atoms with Gasteiger partial charge in [-0.1, -0.05) is 12.1 Å². The van der Waals surface area contributed by atoms with Gasteiger partial charge in [0.05, 0.1) is 7.11 Å². The highest BCUT2D eigenvalue weighted by atomic mass is 16.5. The van der Waals surface area contributed by atoms with Gasteiger partial charge in [0.2, 0.25) is 0 Å². The Morgan fingerprint density at radius 3 is 2.33 bits per heavy atom. The highest BCUT2D eigenvalue weighted by Crippen LogP contribution is 2.62. The van der Waals surface area contributed by atoms with Crippen molar-refractivity contribution in [2.75, 3.05) is 7.11 Å². The molecule has 0 amide bonds. The number of Topliss-reactive ketones (excluding diaryl/α,β-unsaturated/α-hetero) is 1. The minimum absolute atomic E-state index is 0.0726. The molecule has 0 spiro atoms. The zero-order valence-electron chi connectivity index (χ0n) is 15.5. The Morgan fingerprint density at radius 1 is 0.963 bits per heavy atom. The van der Waals surface area contributed by atoms with Crippen LogP contribution >= 0.6 is 0 Å². The average Bonchev–Trinajstić information content (AvgIpc) is 3.33. The smallest absolute Gasteiger partial charge is 0.336 e. The van der Waals surface area contributed by atoms with E-state index in [0.29, 0.717) is 23.2 Å². The Labute approximate surface area is 157 Å². The van der Waals surface area contributed by atoms with Gasteiger partial charge in [0.15, 0.2) is 5.78 Å². The fourth-order valence-electron chi connectivity index (χ4n) is 5.70. The molecule has 0 saturated heterocycles. The lowest BCUT2D eigenvalue weighted by molar-refractivity contribution is -0.118. The summed E-state index contributed by atoms with van der Waals surface area (Å²) in [7, 11) is 1.65. The summed E-state index contributed by atoms with van der Waals surface area (Å²) in [4.78, 5) is 25.5. The monoisotopic (exact) mass is 362 g/mol. The van der Waals surface area contributed by atoms with Crippen LogP contribution in [0, 0.1) is 30.6 Å². The summed E-state index contributed by atoms with van der Waals surface area (Å²) in [5, 5.41) is 0. The number of carbonyl (C=O) groups is 1. The highest BCUT2D eigenvalue weighted by Gasteiger charge is 2.57. The average molecular weight is 362 g/mol. The number of allylic oxidation sites excluding steroid dienone is 2. The molecule has 2 saturated carbocycles. The van der Waals surface area contributed by atoms with Crippen LogP contribution < -0.4 is 10.4 Å². The molecule has 1 heterocycles. The zero-order valence-corrected chi connectivity index (χ0v) is 15.5. The summed E-state index contributed by atoms with van der Waals surface area (Å²) < 4.78 is 10.4. The molecule has 0 aliphatic heterocycles. The van der Waals surface area contributed by atoms with Crippen LogP contribution in [0.5, 0.6) is 5.75 Å². The molecule has 0 unspecified atom stereocenters. The van der Waals surface area contributed by atoms with Gasteiger partial charge in [-0.3, -0.25) is 4.79 Å². The third-order valence-corrected chi connectivity index (χ3v) is 6.65. The maximum Gasteiger partial charge on any atom is 0.336 e. The second-order valence-corrected chi connectivity index (χ2v) is 8.04. The maximum absolute atomic E-state index is 13.5. The van der Waals surface area contributed by atoms with Gasteiger partial charge in [-0.2, -0.15) is 0 Å². The number of rotatable bonds is 3. The molecule has 3 aliphatic rings.